The van der Waals surface area contributed by atoms with Crippen molar-refractivity contribution in [3.63, 3.8) is 0 Å². The molecular weight excluding hydrogens is 284 g/mol. The van der Waals surface area contributed by atoms with Crippen molar-refractivity contribution in [2.24, 2.45) is 0 Å². The van der Waals surface area contributed by atoms with Crippen LogP contribution in [0.2, 0.25) is 0 Å². The highest BCUT2D eigenvalue weighted by atomic mass is 32.2. The second-order valence-electron chi connectivity index (χ2n) is 5.44. The quantitative estimate of drug-likeness (QED) is 0.618. The predicted octanol–water partition coefficient (Wildman–Crippen LogP) is 4.70. The van der Waals surface area contributed by atoms with Gasteiger partial charge in [-0.1, -0.05) is 43.2 Å². The molecule has 1 aromatic heterocycles. The van der Waals surface area contributed by atoms with Crippen LogP contribution in [0, 0.1) is 0 Å². The first-order chi connectivity index (χ1) is 9.92. The van der Waals surface area contributed by atoms with Crippen LogP contribution in [-0.2, 0) is 0 Å². The molecule has 1 aliphatic carbocycles. The van der Waals surface area contributed by atoms with E-state index < -0.39 is 0 Å². The Balaban J connectivity index is 1.37. The van der Waals surface area contributed by atoms with Gasteiger partial charge in [-0.15, -0.1) is 11.3 Å². The molecule has 4 heteroatoms. The molecule has 1 heterocycles. The first kappa shape index (κ1) is 14.4. The molecule has 0 bridgehead atoms. The summed E-state index contributed by atoms with van der Waals surface area (Å²) in [6, 6.07) is 9.19. The number of fused-ring (bicyclic) bond motifs is 1. The van der Waals surface area contributed by atoms with Crippen molar-refractivity contribution in [3.8, 4) is 0 Å². The van der Waals surface area contributed by atoms with E-state index in [0.29, 0.717) is 0 Å². The Kier molecular flexibility index (Phi) is 5.34. The maximum absolute atomic E-state index is 4.66. The van der Waals surface area contributed by atoms with Crippen LogP contribution in [0.3, 0.4) is 0 Å². The first-order valence-electron chi connectivity index (χ1n) is 7.63. The maximum atomic E-state index is 4.66. The van der Waals surface area contributed by atoms with Gasteiger partial charge < -0.3 is 5.32 Å². The van der Waals surface area contributed by atoms with Gasteiger partial charge in [0.05, 0.1) is 10.2 Å². The number of benzene rings is 1. The molecule has 20 heavy (non-hydrogen) atoms. The highest BCUT2D eigenvalue weighted by Gasteiger charge is 2.11. The molecule has 0 unspecified atom stereocenters. The Labute approximate surface area is 129 Å². The van der Waals surface area contributed by atoms with E-state index in [1.807, 2.05) is 23.1 Å². The monoisotopic (exact) mass is 306 g/mol. The molecule has 0 aliphatic heterocycles. The topological polar surface area (TPSA) is 24.9 Å². The summed E-state index contributed by atoms with van der Waals surface area (Å²) >= 11 is 3.71. The lowest BCUT2D eigenvalue weighted by Gasteiger charge is -2.22. The lowest BCUT2D eigenvalue weighted by atomic mass is 9.95. The Hall–Kier alpha value is -0.580. The van der Waals surface area contributed by atoms with Gasteiger partial charge in [0.25, 0.3) is 0 Å². The third-order valence-electron chi connectivity index (χ3n) is 3.86. The molecule has 1 aromatic carbocycles. The molecule has 2 nitrogen and oxygen atoms in total. The largest absolute Gasteiger partial charge is 0.314 e. The molecule has 3 rings (SSSR count). The van der Waals surface area contributed by atoms with Gasteiger partial charge >= 0.3 is 0 Å². The smallest absolute Gasteiger partial charge is 0.151 e. The number of thioether (sulfide) groups is 1. The second-order valence-corrected chi connectivity index (χ2v) is 7.81. The number of thiazole rings is 1. The minimum absolute atomic E-state index is 0.788. The van der Waals surface area contributed by atoms with Crippen molar-refractivity contribution >= 4 is 33.3 Å². The van der Waals surface area contributed by atoms with Gasteiger partial charge in [0, 0.05) is 11.8 Å². The fraction of sp³-hybridized carbons (Fsp3) is 0.562. The minimum atomic E-state index is 0.788. The lowest BCUT2D eigenvalue weighted by molar-refractivity contribution is 0.375. The van der Waals surface area contributed by atoms with Gasteiger partial charge in [-0.2, -0.15) is 0 Å². The van der Waals surface area contributed by atoms with Crippen LogP contribution < -0.4 is 5.32 Å². The average molecular weight is 306 g/mol. The number of nitrogens with one attached hydrogen (secondary N) is 1. The van der Waals surface area contributed by atoms with Gasteiger partial charge in [-0.25, -0.2) is 4.98 Å². The summed E-state index contributed by atoms with van der Waals surface area (Å²) in [6.45, 7) is 1.16. The Morgan fingerprint density at radius 1 is 1.20 bits per heavy atom. The van der Waals surface area contributed by atoms with Crippen molar-refractivity contribution in [2.45, 2.75) is 48.9 Å². The van der Waals surface area contributed by atoms with E-state index in [2.05, 4.69) is 34.6 Å². The van der Waals surface area contributed by atoms with Crippen LogP contribution in [-0.4, -0.2) is 23.3 Å². The van der Waals surface area contributed by atoms with Crippen LogP contribution in [0.15, 0.2) is 28.6 Å². The van der Waals surface area contributed by atoms with Gasteiger partial charge in [0.2, 0.25) is 0 Å². The third-order valence-corrected chi connectivity index (χ3v) is 6.12. The summed E-state index contributed by atoms with van der Waals surface area (Å²) < 4.78 is 2.51. The number of para-hydroxylation sites is 1. The van der Waals surface area contributed by atoms with E-state index in [1.165, 1.54) is 53.3 Å². The molecule has 0 spiro atoms. The molecule has 2 aromatic rings. The first-order valence-corrected chi connectivity index (χ1v) is 9.44. The summed E-state index contributed by atoms with van der Waals surface area (Å²) in [4.78, 5) is 4.66. The van der Waals surface area contributed by atoms with Gasteiger partial charge in [-0.05, 0) is 37.9 Å². The van der Waals surface area contributed by atoms with Gasteiger partial charge in [0.1, 0.15) is 0 Å². The van der Waals surface area contributed by atoms with Crippen molar-refractivity contribution < 1.29 is 0 Å². The molecule has 0 amide bonds. The fourth-order valence-electron chi connectivity index (χ4n) is 2.76. The van der Waals surface area contributed by atoms with Crippen LogP contribution in [0.1, 0.15) is 38.5 Å². The van der Waals surface area contributed by atoms with E-state index in [1.54, 1.807) is 0 Å². The zero-order valence-corrected chi connectivity index (χ0v) is 13.4. The standard InChI is InChI=1S/C16H22N2S2/c1-2-7-13(8-3-1)17-11-6-12-19-16-18-14-9-4-5-10-15(14)20-16/h4-5,9-10,13,17H,1-3,6-8,11-12H2. The lowest BCUT2D eigenvalue weighted by Crippen LogP contribution is -2.31. The molecule has 0 radical (unpaired) electrons. The van der Waals surface area contributed by atoms with Crippen LogP contribution in [0.25, 0.3) is 10.2 Å². The summed E-state index contributed by atoms with van der Waals surface area (Å²) in [5.41, 5.74) is 1.14. The number of hydrogen-bond acceptors (Lipinski definition) is 4. The number of aromatic nitrogens is 1. The van der Waals surface area contributed by atoms with Gasteiger partial charge in [0.15, 0.2) is 4.34 Å². The van der Waals surface area contributed by atoms with E-state index in [9.17, 15) is 0 Å². The van der Waals surface area contributed by atoms with Gasteiger partial charge in [-0.3, -0.25) is 0 Å². The predicted molar refractivity (Wildman–Crippen MR) is 89.8 cm³/mol. The molecular formula is C16H22N2S2. The summed E-state index contributed by atoms with van der Waals surface area (Å²) in [6.07, 6.45) is 8.26. The Morgan fingerprint density at radius 3 is 2.90 bits per heavy atom. The zero-order valence-electron chi connectivity index (χ0n) is 11.8. The summed E-state index contributed by atoms with van der Waals surface area (Å²) in [5, 5.41) is 3.70. The second kappa shape index (κ2) is 7.43. The number of rotatable bonds is 6. The highest BCUT2D eigenvalue weighted by Crippen LogP contribution is 2.29. The maximum Gasteiger partial charge on any atom is 0.151 e. The Bertz CT molecular complexity index is 499. The van der Waals surface area contributed by atoms with Crippen molar-refractivity contribution in [1.82, 2.24) is 10.3 Å². The van der Waals surface area contributed by atoms with Crippen molar-refractivity contribution in [2.75, 3.05) is 12.3 Å². The summed E-state index contributed by atoms with van der Waals surface area (Å²) in [5.74, 6) is 1.17. The Morgan fingerprint density at radius 2 is 2.05 bits per heavy atom. The van der Waals surface area contributed by atoms with Crippen LogP contribution in [0.5, 0.6) is 0 Å². The number of nitrogens with zero attached hydrogens (tertiary/aromatic N) is 1. The molecule has 0 saturated heterocycles. The minimum Gasteiger partial charge on any atom is -0.314 e. The van der Waals surface area contributed by atoms with Crippen LogP contribution >= 0.6 is 23.1 Å². The highest BCUT2D eigenvalue weighted by molar-refractivity contribution is 8.01. The third kappa shape index (κ3) is 3.96. The molecule has 1 aliphatic rings. The van der Waals surface area contributed by atoms with E-state index >= 15 is 0 Å². The average Bonchev–Trinajstić information content (AvgIpc) is 2.90. The van der Waals surface area contributed by atoms with E-state index in [0.717, 1.165) is 18.1 Å². The SMILES string of the molecule is c1ccc2sc(SCCCNC3CCCCC3)nc2c1. The summed E-state index contributed by atoms with van der Waals surface area (Å²) in [7, 11) is 0. The van der Waals surface area contributed by atoms with E-state index in [-0.39, 0.29) is 0 Å². The van der Waals surface area contributed by atoms with E-state index in [4.69, 9.17) is 0 Å². The number of hydrogen-bond donors (Lipinski definition) is 1. The normalized spacial score (nSPS) is 16.8. The molecule has 108 valence electrons. The molecule has 1 saturated carbocycles. The molecule has 0 atom stereocenters. The van der Waals surface area contributed by atoms with Crippen molar-refractivity contribution in [1.29, 1.82) is 0 Å². The van der Waals surface area contributed by atoms with Crippen molar-refractivity contribution in [3.05, 3.63) is 24.3 Å². The molecule has 1 N–H and O–H groups in total. The van der Waals surface area contributed by atoms with Crippen LogP contribution in [0.4, 0.5) is 0 Å². The zero-order chi connectivity index (χ0) is 13.6. The fourth-order valence-corrected chi connectivity index (χ4v) is 4.84. The molecule has 1 fully saturated rings.